The van der Waals surface area contributed by atoms with Crippen LogP contribution in [0.4, 0.5) is 0 Å². The van der Waals surface area contributed by atoms with Crippen LogP contribution >= 0.6 is 0 Å². The van der Waals surface area contributed by atoms with Gasteiger partial charge in [-0.25, -0.2) is 0 Å². The predicted octanol–water partition coefficient (Wildman–Crippen LogP) is 4.16. The second-order valence-electron chi connectivity index (χ2n) is 10.2. The summed E-state index contributed by atoms with van der Waals surface area (Å²) >= 11 is 0. The summed E-state index contributed by atoms with van der Waals surface area (Å²) < 4.78 is 6.01. The highest BCUT2D eigenvalue weighted by atomic mass is 16.6. The summed E-state index contributed by atoms with van der Waals surface area (Å²) in [6, 6.07) is 0. The molecule has 0 amide bonds. The minimum Gasteiger partial charge on any atom is -0.396 e. The van der Waals surface area contributed by atoms with Gasteiger partial charge in [0, 0.05) is 6.61 Å². The molecule has 0 radical (unpaired) electrons. The van der Waals surface area contributed by atoms with Crippen LogP contribution in [0.25, 0.3) is 0 Å². The molecular weight excluding hydrogens is 272 g/mol. The van der Waals surface area contributed by atoms with Gasteiger partial charge in [-0.05, 0) is 85.4 Å². The van der Waals surface area contributed by atoms with Crippen LogP contribution in [0.15, 0.2) is 0 Å². The highest BCUT2D eigenvalue weighted by Crippen LogP contribution is 2.74. The lowest BCUT2D eigenvalue weighted by molar-refractivity contribution is -0.159. The second-order valence-corrected chi connectivity index (χ2v) is 10.2. The van der Waals surface area contributed by atoms with Crippen LogP contribution in [-0.2, 0) is 4.74 Å². The molecular formula is C20H32O2. The van der Waals surface area contributed by atoms with Crippen molar-refractivity contribution in [2.75, 3.05) is 13.2 Å². The Morgan fingerprint density at radius 3 is 2.59 bits per heavy atom. The van der Waals surface area contributed by atoms with Gasteiger partial charge in [-0.1, -0.05) is 20.3 Å². The van der Waals surface area contributed by atoms with Gasteiger partial charge in [0.25, 0.3) is 0 Å². The van der Waals surface area contributed by atoms with Crippen LogP contribution < -0.4 is 0 Å². The van der Waals surface area contributed by atoms with Crippen LogP contribution in [0.1, 0.15) is 71.6 Å². The number of epoxide rings is 1. The molecule has 7 unspecified atom stereocenters. The molecule has 2 bridgehead atoms. The van der Waals surface area contributed by atoms with Crippen molar-refractivity contribution in [1.29, 1.82) is 0 Å². The Morgan fingerprint density at radius 1 is 1.05 bits per heavy atom. The quantitative estimate of drug-likeness (QED) is 0.738. The van der Waals surface area contributed by atoms with Gasteiger partial charge in [0.1, 0.15) is 0 Å². The zero-order valence-corrected chi connectivity index (χ0v) is 14.4. The normalized spacial score (nSPS) is 62.6. The van der Waals surface area contributed by atoms with Crippen LogP contribution in [0.3, 0.4) is 0 Å². The van der Waals surface area contributed by atoms with Crippen molar-refractivity contribution in [3.05, 3.63) is 0 Å². The number of ether oxygens (including phenoxy) is 1. The summed E-state index contributed by atoms with van der Waals surface area (Å²) in [5.74, 6) is 2.50. The third kappa shape index (κ3) is 1.55. The Bertz CT molecular complexity index is 498. The summed E-state index contributed by atoms with van der Waals surface area (Å²) in [5.41, 5.74) is 1.57. The highest BCUT2D eigenvalue weighted by Gasteiger charge is 2.71. The topological polar surface area (TPSA) is 32.8 Å². The maximum atomic E-state index is 10.1. The molecule has 0 aromatic rings. The van der Waals surface area contributed by atoms with E-state index >= 15 is 0 Å². The molecule has 7 atom stereocenters. The molecule has 22 heavy (non-hydrogen) atoms. The summed E-state index contributed by atoms with van der Waals surface area (Å²) in [6.45, 7) is 6.43. The first-order valence-corrected chi connectivity index (χ1v) is 9.71. The molecule has 124 valence electrons. The molecule has 1 N–H and O–H groups in total. The minimum absolute atomic E-state index is 0.178. The number of fused-ring (bicyclic) bond motifs is 4. The van der Waals surface area contributed by atoms with E-state index in [1.165, 1.54) is 57.8 Å². The highest BCUT2D eigenvalue weighted by molar-refractivity contribution is 5.20. The summed E-state index contributed by atoms with van der Waals surface area (Å²) in [5, 5.41) is 10.1. The van der Waals surface area contributed by atoms with Crippen molar-refractivity contribution in [3.8, 4) is 0 Å². The van der Waals surface area contributed by atoms with Gasteiger partial charge in [-0.3, -0.25) is 0 Å². The van der Waals surface area contributed by atoms with Crippen molar-refractivity contribution in [2.45, 2.75) is 77.2 Å². The van der Waals surface area contributed by atoms with E-state index in [1.807, 2.05) is 0 Å². The van der Waals surface area contributed by atoms with Crippen LogP contribution in [0, 0.1) is 34.0 Å². The van der Waals surface area contributed by atoms with Crippen molar-refractivity contribution in [1.82, 2.24) is 0 Å². The van der Waals surface area contributed by atoms with Gasteiger partial charge in [0.15, 0.2) is 0 Å². The number of hydrogen-bond acceptors (Lipinski definition) is 2. The van der Waals surface area contributed by atoms with Crippen molar-refractivity contribution in [3.63, 3.8) is 0 Å². The maximum Gasteiger partial charge on any atom is 0.0950 e. The summed E-state index contributed by atoms with van der Waals surface area (Å²) in [4.78, 5) is 0. The SMILES string of the molecule is CC1(CO)CCCC2(C)C1CCC13CC(CCC12)C1(CO1)C3. The van der Waals surface area contributed by atoms with E-state index in [-0.39, 0.29) is 5.41 Å². The van der Waals surface area contributed by atoms with Crippen LogP contribution in [0.2, 0.25) is 0 Å². The second kappa shape index (κ2) is 4.11. The smallest absolute Gasteiger partial charge is 0.0950 e. The van der Waals surface area contributed by atoms with Gasteiger partial charge in [0.05, 0.1) is 12.2 Å². The molecule has 2 nitrogen and oxygen atoms in total. The fraction of sp³-hybridized carbons (Fsp3) is 1.00. The van der Waals surface area contributed by atoms with E-state index in [4.69, 9.17) is 4.74 Å². The van der Waals surface area contributed by atoms with Crippen LogP contribution in [-0.4, -0.2) is 23.9 Å². The molecule has 5 aliphatic rings. The lowest BCUT2D eigenvalue weighted by Gasteiger charge is -2.64. The Balaban J connectivity index is 1.54. The number of rotatable bonds is 1. The van der Waals surface area contributed by atoms with Gasteiger partial charge >= 0.3 is 0 Å². The lowest BCUT2D eigenvalue weighted by atomic mass is 9.41. The first kappa shape index (κ1) is 14.3. The maximum absolute atomic E-state index is 10.1. The Hall–Kier alpha value is -0.0800. The zero-order chi connectivity index (χ0) is 15.2. The zero-order valence-electron chi connectivity index (χ0n) is 14.4. The molecule has 0 aromatic heterocycles. The third-order valence-corrected chi connectivity index (χ3v) is 9.30. The van der Waals surface area contributed by atoms with E-state index < -0.39 is 0 Å². The molecule has 4 aliphatic carbocycles. The van der Waals surface area contributed by atoms with Gasteiger partial charge in [0.2, 0.25) is 0 Å². The molecule has 2 spiro atoms. The van der Waals surface area contributed by atoms with E-state index in [0.717, 1.165) is 24.4 Å². The summed E-state index contributed by atoms with van der Waals surface area (Å²) in [6.07, 6.45) is 12.4. The fourth-order valence-corrected chi connectivity index (χ4v) is 8.35. The summed E-state index contributed by atoms with van der Waals surface area (Å²) in [7, 11) is 0. The molecule has 2 heteroatoms. The van der Waals surface area contributed by atoms with Gasteiger partial charge < -0.3 is 9.84 Å². The van der Waals surface area contributed by atoms with E-state index in [2.05, 4.69) is 13.8 Å². The first-order chi connectivity index (χ1) is 10.5. The molecule has 5 fully saturated rings. The Morgan fingerprint density at radius 2 is 1.86 bits per heavy atom. The van der Waals surface area contributed by atoms with Crippen molar-refractivity contribution >= 4 is 0 Å². The standard InChI is InChI=1S/C20H32O2/c1-17(12-21)7-3-8-18(2)15(17)6-9-19-10-14(4-5-16(18)19)20(11-19)13-22-20/h14-16,21H,3-13H2,1-2H3. The molecule has 1 aliphatic heterocycles. The molecule has 1 saturated heterocycles. The Kier molecular flexibility index (Phi) is 2.67. The minimum atomic E-state index is 0.178. The monoisotopic (exact) mass is 304 g/mol. The van der Waals surface area contributed by atoms with Crippen molar-refractivity contribution in [2.24, 2.45) is 34.0 Å². The molecule has 4 saturated carbocycles. The number of aliphatic hydroxyl groups excluding tert-OH is 1. The van der Waals surface area contributed by atoms with Crippen LogP contribution in [0.5, 0.6) is 0 Å². The lowest BCUT2D eigenvalue weighted by Crippen LogP contribution is -2.57. The first-order valence-electron chi connectivity index (χ1n) is 9.71. The fourth-order valence-electron chi connectivity index (χ4n) is 8.35. The average molecular weight is 304 g/mol. The van der Waals surface area contributed by atoms with E-state index in [1.54, 1.807) is 0 Å². The third-order valence-electron chi connectivity index (χ3n) is 9.30. The number of hydrogen-bond donors (Lipinski definition) is 1. The molecule has 1 heterocycles. The average Bonchev–Trinajstić information content (AvgIpc) is 3.22. The molecule has 5 rings (SSSR count). The largest absolute Gasteiger partial charge is 0.396 e. The molecule has 0 aromatic carbocycles. The van der Waals surface area contributed by atoms with E-state index in [0.29, 0.717) is 23.0 Å². The number of aliphatic hydroxyl groups is 1. The predicted molar refractivity (Wildman–Crippen MR) is 86.4 cm³/mol. The Labute approximate surface area is 135 Å². The van der Waals surface area contributed by atoms with E-state index in [9.17, 15) is 5.11 Å². The van der Waals surface area contributed by atoms with Gasteiger partial charge in [-0.15, -0.1) is 0 Å². The van der Waals surface area contributed by atoms with Gasteiger partial charge in [-0.2, -0.15) is 0 Å². The van der Waals surface area contributed by atoms with Crippen molar-refractivity contribution < 1.29 is 9.84 Å².